The summed E-state index contributed by atoms with van der Waals surface area (Å²) in [7, 11) is -3.29. The van der Waals surface area contributed by atoms with Gasteiger partial charge < -0.3 is 4.42 Å². The molecule has 5 rings (SSSR count). The van der Waals surface area contributed by atoms with Gasteiger partial charge in [-0.25, -0.2) is 8.42 Å². The van der Waals surface area contributed by atoms with Gasteiger partial charge in [0.05, 0.1) is 28.4 Å². The Kier molecular flexibility index (Phi) is 3.74. The van der Waals surface area contributed by atoms with Gasteiger partial charge in [0.1, 0.15) is 0 Å². The lowest BCUT2D eigenvalue weighted by Crippen LogP contribution is -2.26. The highest BCUT2D eigenvalue weighted by Gasteiger charge is 2.50. The Morgan fingerprint density at radius 3 is 2.81 bits per heavy atom. The van der Waals surface area contributed by atoms with Gasteiger partial charge in [0.25, 0.3) is 0 Å². The second-order valence-corrected chi connectivity index (χ2v) is 9.55. The van der Waals surface area contributed by atoms with Gasteiger partial charge in [-0.2, -0.15) is 0 Å². The molecule has 3 aromatic rings. The maximum atomic E-state index is 13.1. The van der Waals surface area contributed by atoms with Gasteiger partial charge >= 0.3 is 0 Å². The third kappa shape index (κ3) is 2.71. The van der Waals surface area contributed by atoms with Crippen LogP contribution in [0, 0.1) is 6.92 Å². The molecule has 6 heteroatoms. The topological polar surface area (TPSA) is 63.4 Å². The second-order valence-electron chi connectivity index (χ2n) is 7.42. The standard InChI is InChI=1S/C21H20N2O3S/c1-14-3-2-4-17(22-14)10-23-11-19-18-9-15(16-7-8-26-13-16)5-6-20(18)27(24,25)21(19)12-23/h2-9,13,19,21H,10-12H2,1H3/t19-,21-/m1/s1. The average molecular weight is 380 g/mol. The molecule has 1 saturated heterocycles. The molecule has 0 spiro atoms. The number of nitrogens with zero attached hydrogens (tertiary/aromatic N) is 2. The number of hydrogen-bond acceptors (Lipinski definition) is 5. The first-order chi connectivity index (χ1) is 13.0. The van der Waals surface area contributed by atoms with Crippen molar-refractivity contribution in [1.29, 1.82) is 0 Å². The summed E-state index contributed by atoms with van der Waals surface area (Å²) in [6.07, 6.45) is 3.32. The Labute approximate surface area is 158 Å². The van der Waals surface area contributed by atoms with Gasteiger partial charge in [0, 0.05) is 36.8 Å². The zero-order valence-electron chi connectivity index (χ0n) is 15.0. The molecule has 0 N–H and O–H groups in total. The van der Waals surface area contributed by atoms with Crippen LogP contribution in [0.25, 0.3) is 11.1 Å². The Morgan fingerprint density at radius 2 is 2.04 bits per heavy atom. The molecule has 5 nitrogen and oxygen atoms in total. The van der Waals surface area contributed by atoms with Crippen LogP contribution in [0.15, 0.2) is 64.3 Å². The first-order valence-corrected chi connectivity index (χ1v) is 10.6. The van der Waals surface area contributed by atoms with Crippen molar-refractivity contribution in [2.75, 3.05) is 13.1 Å². The van der Waals surface area contributed by atoms with Crippen molar-refractivity contribution in [2.24, 2.45) is 0 Å². The molecule has 138 valence electrons. The fourth-order valence-corrected chi connectivity index (χ4v) is 6.57. The maximum Gasteiger partial charge on any atom is 0.183 e. The Morgan fingerprint density at radius 1 is 1.15 bits per heavy atom. The quantitative estimate of drug-likeness (QED) is 0.697. The van der Waals surface area contributed by atoms with Crippen molar-refractivity contribution in [3.05, 3.63) is 71.9 Å². The van der Waals surface area contributed by atoms with Crippen LogP contribution in [0.2, 0.25) is 0 Å². The number of hydrogen-bond donors (Lipinski definition) is 0. The normalized spacial score (nSPS) is 23.3. The summed E-state index contributed by atoms with van der Waals surface area (Å²) in [5, 5.41) is -0.364. The summed E-state index contributed by atoms with van der Waals surface area (Å²) in [6.45, 7) is 3.95. The minimum atomic E-state index is -3.29. The van der Waals surface area contributed by atoms with Crippen LogP contribution in [-0.2, 0) is 16.4 Å². The van der Waals surface area contributed by atoms with E-state index in [9.17, 15) is 8.42 Å². The third-order valence-electron chi connectivity index (χ3n) is 5.64. The largest absolute Gasteiger partial charge is 0.472 e. The van der Waals surface area contributed by atoms with E-state index >= 15 is 0 Å². The van der Waals surface area contributed by atoms with Crippen molar-refractivity contribution in [3.63, 3.8) is 0 Å². The summed E-state index contributed by atoms with van der Waals surface area (Å²) in [5.41, 5.74) is 4.88. The molecule has 1 aromatic carbocycles. The molecule has 0 amide bonds. The predicted octanol–water partition coefficient (Wildman–Crippen LogP) is 3.41. The Balaban J connectivity index is 1.47. The molecule has 27 heavy (non-hydrogen) atoms. The van der Waals surface area contributed by atoms with E-state index in [4.69, 9.17) is 4.42 Å². The number of fused-ring (bicyclic) bond motifs is 3. The molecular formula is C21H20N2O3S. The van der Waals surface area contributed by atoms with Crippen LogP contribution < -0.4 is 0 Å². The maximum absolute atomic E-state index is 13.1. The molecule has 2 aliphatic rings. The first-order valence-electron chi connectivity index (χ1n) is 9.08. The van der Waals surface area contributed by atoms with Crippen molar-refractivity contribution >= 4 is 9.84 Å². The molecule has 4 heterocycles. The fourth-order valence-electron chi connectivity index (χ4n) is 4.38. The van der Waals surface area contributed by atoms with E-state index < -0.39 is 9.84 Å². The lowest BCUT2D eigenvalue weighted by molar-refractivity contribution is 0.321. The number of aryl methyl sites for hydroxylation is 1. The number of aromatic nitrogens is 1. The van der Waals surface area contributed by atoms with Gasteiger partial charge in [-0.1, -0.05) is 12.1 Å². The molecular weight excluding hydrogens is 360 g/mol. The fraction of sp³-hybridized carbons (Fsp3) is 0.286. The molecule has 0 bridgehead atoms. The van der Waals surface area contributed by atoms with E-state index in [1.807, 2.05) is 43.3 Å². The van der Waals surface area contributed by atoms with Crippen molar-refractivity contribution in [1.82, 2.24) is 9.88 Å². The van der Waals surface area contributed by atoms with Gasteiger partial charge in [-0.05, 0) is 48.4 Å². The van der Waals surface area contributed by atoms with E-state index in [2.05, 4.69) is 9.88 Å². The van der Waals surface area contributed by atoms with Crippen LogP contribution in [0.3, 0.4) is 0 Å². The van der Waals surface area contributed by atoms with E-state index in [1.165, 1.54) is 0 Å². The Bertz CT molecular complexity index is 1110. The number of pyridine rings is 1. The summed E-state index contributed by atoms with van der Waals surface area (Å²) < 4.78 is 31.3. The second kappa shape index (κ2) is 6.04. The SMILES string of the molecule is Cc1cccc(CN2C[C@@H]3c4cc(-c5ccoc5)ccc4S(=O)(=O)[C@@H]3C2)n1. The zero-order valence-corrected chi connectivity index (χ0v) is 15.8. The molecule has 2 aromatic heterocycles. The monoisotopic (exact) mass is 380 g/mol. The van der Waals surface area contributed by atoms with E-state index in [0.29, 0.717) is 18.0 Å². The minimum Gasteiger partial charge on any atom is -0.472 e. The third-order valence-corrected chi connectivity index (χ3v) is 7.90. The van der Waals surface area contributed by atoms with Gasteiger partial charge in [-0.3, -0.25) is 9.88 Å². The average Bonchev–Trinajstić information content (AvgIpc) is 3.34. The van der Waals surface area contributed by atoms with Crippen LogP contribution in [0.4, 0.5) is 0 Å². The van der Waals surface area contributed by atoms with Crippen LogP contribution >= 0.6 is 0 Å². The zero-order chi connectivity index (χ0) is 18.6. The molecule has 2 atom stereocenters. The highest BCUT2D eigenvalue weighted by Crippen LogP contribution is 2.46. The Hall–Kier alpha value is -2.44. The number of rotatable bonds is 3. The summed E-state index contributed by atoms with van der Waals surface area (Å²) in [4.78, 5) is 7.27. The minimum absolute atomic E-state index is 0.0154. The van der Waals surface area contributed by atoms with Crippen molar-refractivity contribution < 1.29 is 12.8 Å². The lowest BCUT2D eigenvalue weighted by Gasteiger charge is -2.17. The molecule has 1 fully saturated rings. The molecule has 0 saturated carbocycles. The lowest BCUT2D eigenvalue weighted by atomic mass is 9.95. The van der Waals surface area contributed by atoms with Crippen LogP contribution in [-0.4, -0.2) is 36.6 Å². The highest BCUT2D eigenvalue weighted by atomic mass is 32.2. The number of furan rings is 1. The van der Waals surface area contributed by atoms with Crippen LogP contribution in [0.1, 0.15) is 22.9 Å². The molecule has 0 aliphatic carbocycles. The predicted molar refractivity (Wildman–Crippen MR) is 102 cm³/mol. The summed E-state index contributed by atoms with van der Waals surface area (Å²) in [6, 6.07) is 13.5. The van der Waals surface area contributed by atoms with Crippen molar-refractivity contribution in [2.45, 2.75) is 29.5 Å². The highest BCUT2D eigenvalue weighted by molar-refractivity contribution is 7.92. The molecule has 0 unspecified atom stereocenters. The van der Waals surface area contributed by atoms with E-state index in [0.717, 1.165) is 34.6 Å². The van der Waals surface area contributed by atoms with Gasteiger partial charge in [-0.15, -0.1) is 0 Å². The van der Waals surface area contributed by atoms with Crippen LogP contribution in [0.5, 0.6) is 0 Å². The molecule has 2 aliphatic heterocycles. The number of likely N-dealkylation sites (tertiary alicyclic amines) is 1. The molecule has 0 radical (unpaired) electrons. The number of benzene rings is 1. The van der Waals surface area contributed by atoms with Crippen molar-refractivity contribution in [3.8, 4) is 11.1 Å². The van der Waals surface area contributed by atoms with Gasteiger partial charge in [0.2, 0.25) is 0 Å². The smallest absolute Gasteiger partial charge is 0.183 e. The van der Waals surface area contributed by atoms with Gasteiger partial charge in [0.15, 0.2) is 9.84 Å². The summed E-state index contributed by atoms with van der Waals surface area (Å²) in [5.74, 6) is 0.0154. The first kappa shape index (κ1) is 16.7. The summed E-state index contributed by atoms with van der Waals surface area (Å²) >= 11 is 0. The van der Waals surface area contributed by atoms with E-state index in [-0.39, 0.29) is 11.2 Å². The van der Waals surface area contributed by atoms with E-state index in [1.54, 1.807) is 18.6 Å². The number of sulfone groups is 1.